The van der Waals surface area contributed by atoms with Crippen LogP contribution in [0.2, 0.25) is 0 Å². The third-order valence-corrected chi connectivity index (χ3v) is 6.79. The highest BCUT2D eigenvalue weighted by molar-refractivity contribution is 7.94. The average molecular weight is 446 g/mol. The summed E-state index contributed by atoms with van der Waals surface area (Å²) in [6.07, 6.45) is 0. The molecule has 0 fully saturated rings. The fourth-order valence-corrected chi connectivity index (χ4v) is 4.53. The van der Waals surface area contributed by atoms with Crippen molar-refractivity contribution in [2.75, 3.05) is 11.8 Å². The van der Waals surface area contributed by atoms with Gasteiger partial charge in [-0.2, -0.15) is 0 Å². The molecule has 1 amide bonds. The normalized spacial score (nSPS) is 10.8. The van der Waals surface area contributed by atoms with E-state index in [0.717, 1.165) is 11.3 Å². The number of benzene rings is 2. The molecule has 10 heteroatoms. The fourth-order valence-electron chi connectivity index (χ4n) is 2.48. The highest BCUT2D eigenvalue weighted by Crippen LogP contribution is 2.27. The zero-order valence-corrected chi connectivity index (χ0v) is 17.5. The molecule has 0 saturated heterocycles. The number of nitrogens with one attached hydrogen (secondary N) is 3. The second-order valence-electron chi connectivity index (χ2n) is 6.06. The van der Waals surface area contributed by atoms with Gasteiger partial charge in [0.05, 0.1) is 12.8 Å². The molecule has 156 valence electrons. The van der Waals surface area contributed by atoms with Gasteiger partial charge in [-0.3, -0.25) is 20.4 Å². The maximum Gasteiger partial charge on any atom is 0.271 e. The van der Waals surface area contributed by atoms with Gasteiger partial charge in [-0.25, -0.2) is 8.42 Å². The summed E-state index contributed by atoms with van der Waals surface area (Å²) >= 11 is 1.11. The number of hydrogen-bond acceptors (Lipinski definition) is 7. The molecule has 0 aliphatic carbocycles. The van der Waals surface area contributed by atoms with E-state index in [1.54, 1.807) is 23.6 Å². The predicted octanol–water partition coefficient (Wildman–Crippen LogP) is 3.17. The molecule has 0 unspecified atom stereocenters. The summed E-state index contributed by atoms with van der Waals surface area (Å²) in [5.41, 5.74) is 6.43. The number of hydrazine groups is 1. The molecule has 1 heterocycles. The Balaban J connectivity index is 1.60. The number of hydrogen-bond donors (Lipinski definition) is 4. The van der Waals surface area contributed by atoms with Crippen molar-refractivity contribution in [3.05, 3.63) is 77.7 Å². The smallest absolute Gasteiger partial charge is 0.271 e. The van der Waals surface area contributed by atoms with E-state index in [0.29, 0.717) is 22.6 Å². The maximum absolute atomic E-state index is 12.3. The van der Waals surface area contributed by atoms with Crippen molar-refractivity contribution in [2.45, 2.75) is 4.21 Å². The van der Waals surface area contributed by atoms with Gasteiger partial charge in [0.1, 0.15) is 15.7 Å². The number of thiophene rings is 1. The van der Waals surface area contributed by atoms with Gasteiger partial charge in [-0.05, 0) is 47.8 Å². The van der Waals surface area contributed by atoms with Crippen LogP contribution in [0.1, 0.15) is 15.9 Å². The molecule has 8 nitrogen and oxygen atoms in total. The van der Waals surface area contributed by atoms with Gasteiger partial charge >= 0.3 is 0 Å². The number of phenolic OH excluding ortho intramolecular Hbond substituents is 1. The zero-order valence-electron chi connectivity index (χ0n) is 15.9. The van der Waals surface area contributed by atoms with E-state index in [1.807, 2.05) is 0 Å². The van der Waals surface area contributed by atoms with Crippen molar-refractivity contribution in [2.24, 2.45) is 0 Å². The third-order valence-electron chi connectivity index (χ3n) is 4.02. The van der Waals surface area contributed by atoms with Crippen LogP contribution in [0.25, 0.3) is 5.70 Å². The second kappa shape index (κ2) is 8.89. The molecular formula is C20H19N3O5S2. The first-order valence-electron chi connectivity index (χ1n) is 8.59. The Morgan fingerprint density at radius 1 is 1.10 bits per heavy atom. The number of anilines is 1. The topological polar surface area (TPSA) is 117 Å². The summed E-state index contributed by atoms with van der Waals surface area (Å²) in [5.74, 6) is -0.0248. The lowest BCUT2D eigenvalue weighted by atomic mass is 10.1. The first-order valence-corrected chi connectivity index (χ1v) is 11.0. The Morgan fingerprint density at radius 2 is 1.83 bits per heavy atom. The van der Waals surface area contributed by atoms with Crippen LogP contribution in [-0.2, 0) is 10.0 Å². The Hall–Kier alpha value is -3.50. The van der Waals surface area contributed by atoms with E-state index in [-0.39, 0.29) is 15.7 Å². The number of aromatic hydroxyl groups is 1. The van der Waals surface area contributed by atoms with Crippen LogP contribution in [0.3, 0.4) is 0 Å². The average Bonchev–Trinajstić information content (AvgIpc) is 3.28. The molecule has 0 spiro atoms. The number of amides is 1. The van der Waals surface area contributed by atoms with Gasteiger partial charge < -0.3 is 9.84 Å². The second-order valence-corrected chi connectivity index (χ2v) is 8.91. The molecule has 3 aromatic rings. The zero-order chi connectivity index (χ0) is 21.7. The minimum absolute atomic E-state index is 0.0523. The quantitative estimate of drug-likeness (QED) is 0.396. The van der Waals surface area contributed by atoms with Crippen LogP contribution in [0.15, 0.2) is 70.8 Å². The van der Waals surface area contributed by atoms with Crippen LogP contribution in [0.4, 0.5) is 5.69 Å². The Morgan fingerprint density at radius 3 is 2.43 bits per heavy atom. The lowest BCUT2D eigenvalue weighted by Crippen LogP contribution is -2.35. The molecule has 0 aliphatic rings. The van der Waals surface area contributed by atoms with Gasteiger partial charge in [0.2, 0.25) is 0 Å². The molecule has 0 saturated carbocycles. The van der Waals surface area contributed by atoms with Crippen LogP contribution in [0, 0.1) is 0 Å². The van der Waals surface area contributed by atoms with Crippen molar-refractivity contribution >= 4 is 38.7 Å². The number of phenols is 1. The first-order chi connectivity index (χ1) is 14.3. The van der Waals surface area contributed by atoms with E-state index in [1.165, 1.54) is 43.5 Å². The lowest BCUT2D eigenvalue weighted by molar-refractivity contribution is 0.0942. The summed E-state index contributed by atoms with van der Waals surface area (Å²) in [7, 11) is -2.17. The SMILES string of the molecule is C=C(NNC(=O)c1ccc(NS(=O)(=O)c2cccs2)cc1)c1ccc(OC)cc1O. The molecule has 2 aromatic carbocycles. The van der Waals surface area contributed by atoms with Crippen molar-refractivity contribution in [1.29, 1.82) is 0 Å². The molecule has 30 heavy (non-hydrogen) atoms. The van der Waals surface area contributed by atoms with Gasteiger partial charge in [-0.15, -0.1) is 11.3 Å². The van der Waals surface area contributed by atoms with E-state index in [2.05, 4.69) is 22.2 Å². The Kier molecular flexibility index (Phi) is 6.28. The monoisotopic (exact) mass is 445 g/mol. The van der Waals surface area contributed by atoms with Gasteiger partial charge in [0, 0.05) is 22.9 Å². The minimum atomic E-state index is -3.65. The first kappa shape index (κ1) is 21.2. The number of carbonyl (C=O) groups excluding carboxylic acids is 1. The van der Waals surface area contributed by atoms with E-state index in [4.69, 9.17) is 4.74 Å². The van der Waals surface area contributed by atoms with Crippen LogP contribution in [0.5, 0.6) is 11.5 Å². The fraction of sp³-hybridized carbons (Fsp3) is 0.0500. The largest absolute Gasteiger partial charge is 0.507 e. The summed E-state index contributed by atoms with van der Waals surface area (Å²) < 4.78 is 32.2. The van der Waals surface area contributed by atoms with Crippen LogP contribution >= 0.6 is 11.3 Å². The molecule has 0 atom stereocenters. The van der Waals surface area contributed by atoms with Crippen molar-refractivity contribution < 1.29 is 23.1 Å². The Labute approximate surface area is 177 Å². The minimum Gasteiger partial charge on any atom is -0.507 e. The lowest BCUT2D eigenvalue weighted by Gasteiger charge is -2.13. The predicted molar refractivity (Wildman–Crippen MR) is 116 cm³/mol. The van der Waals surface area contributed by atoms with Crippen molar-refractivity contribution in [1.82, 2.24) is 10.9 Å². The Bertz CT molecular complexity index is 1160. The van der Waals surface area contributed by atoms with E-state index < -0.39 is 15.9 Å². The van der Waals surface area contributed by atoms with Gasteiger partial charge in [0.25, 0.3) is 15.9 Å². The van der Waals surface area contributed by atoms with Crippen LogP contribution < -0.4 is 20.3 Å². The molecule has 3 rings (SSSR count). The van der Waals surface area contributed by atoms with Gasteiger partial charge in [0.15, 0.2) is 0 Å². The molecular weight excluding hydrogens is 426 g/mol. The molecule has 4 N–H and O–H groups in total. The third kappa shape index (κ3) is 4.91. The number of rotatable bonds is 8. The molecule has 0 bridgehead atoms. The maximum atomic E-state index is 12.3. The molecule has 0 aliphatic heterocycles. The summed E-state index contributed by atoms with van der Waals surface area (Å²) in [6.45, 7) is 3.78. The number of ether oxygens (including phenoxy) is 1. The standard InChI is InChI=1S/C20H19N3O5S2/c1-13(17-10-9-16(28-2)12-18(17)24)21-22-20(25)14-5-7-15(8-6-14)23-30(26,27)19-4-3-11-29-19/h3-12,21,23-24H,1H2,2H3,(H,22,25). The van der Waals surface area contributed by atoms with Crippen LogP contribution in [-0.4, -0.2) is 26.5 Å². The number of methoxy groups -OCH3 is 1. The van der Waals surface area contributed by atoms with Crippen molar-refractivity contribution in [3.63, 3.8) is 0 Å². The number of sulfonamides is 1. The summed E-state index contributed by atoms with van der Waals surface area (Å²) in [6, 6.07) is 13.8. The molecule has 0 radical (unpaired) electrons. The molecule has 1 aromatic heterocycles. The van der Waals surface area contributed by atoms with E-state index >= 15 is 0 Å². The summed E-state index contributed by atoms with van der Waals surface area (Å²) in [5, 5.41) is 11.7. The highest BCUT2D eigenvalue weighted by atomic mass is 32.2. The highest BCUT2D eigenvalue weighted by Gasteiger charge is 2.15. The van der Waals surface area contributed by atoms with Gasteiger partial charge in [-0.1, -0.05) is 12.6 Å². The van der Waals surface area contributed by atoms with Crippen molar-refractivity contribution in [3.8, 4) is 11.5 Å². The van der Waals surface area contributed by atoms with E-state index in [9.17, 15) is 18.3 Å². The summed E-state index contributed by atoms with van der Waals surface area (Å²) in [4.78, 5) is 12.3. The number of carbonyl (C=O) groups is 1.